The first-order valence-electron chi connectivity index (χ1n) is 10.4. The molecule has 31 heavy (non-hydrogen) atoms. The van der Waals surface area contributed by atoms with Crippen molar-refractivity contribution >= 4 is 34.9 Å². The van der Waals surface area contributed by atoms with Gasteiger partial charge in [0.25, 0.3) is 0 Å². The number of fused-ring (bicyclic) bond motifs is 1. The standard InChI is InChI=1S/C25H28N2O3.ClH/c1-16(2)26-10-8-19(9-11-26)20-12-23-21(13-24(20)28)22(25(29)30)15-27(23)14-18-6-4-17(3)5-7-18;/h4-8,12-13,15-16,28H,9-11,14H2,1-3H3,(H,29,30);1H. The van der Waals surface area contributed by atoms with Crippen molar-refractivity contribution in [1.82, 2.24) is 9.47 Å². The molecule has 4 rings (SSSR count). The summed E-state index contributed by atoms with van der Waals surface area (Å²) in [6.45, 7) is 8.81. The Morgan fingerprint density at radius 3 is 2.45 bits per heavy atom. The monoisotopic (exact) mass is 440 g/mol. The fourth-order valence-corrected chi connectivity index (χ4v) is 4.17. The van der Waals surface area contributed by atoms with Crippen molar-refractivity contribution < 1.29 is 15.0 Å². The molecule has 0 saturated carbocycles. The number of hydrogen-bond acceptors (Lipinski definition) is 3. The first-order valence-corrected chi connectivity index (χ1v) is 10.4. The number of carbonyl (C=O) groups is 1. The van der Waals surface area contributed by atoms with Gasteiger partial charge in [-0.1, -0.05) is 35.9 Å². The van der Waals surface area contributed by atoms with Crippen LogP contribution in [0, 0.1) is 6.92 Å². The molecule has 0 fully saturated rings. The van der Waals surface area contributed by atoms with E-state index in [1.54, 1.807) is 12.3 Å². The highest BCUT2D eigenvalue weighted by molar-refractivity contribution is 6.05. The fraction of sp³-hybridized carbons (Fsp3) is 0.320. The minimum absolute atomic E-state index is 0. The highest BCUT2D eigenvalue weighted by Gasteiger charge is 2.21. The van der Waals surface area contributed by atoms with E-state index in [1.165, 1.54) is 5.56 Å². The number of aryl methyl sites for hydroxylation is 1. The summed E-state index contributed by atoms with van der Waals surface area (Å²) in [6, 6.07) is 12.3. The maximum absolute atomic E-state index is 11.8. The number of hydrogen-bond donors (Lipinski definition) is 2. The van der Waals surface area contributed by atoms with Crippen LogP contribution in [0.15, 0.2) is 48.7 Å². The van der Waals surface area contributed by atoms with E-state index >= 15 is 0 Å². The summed E-state index contributed by atoms with van der Waals surface area (Å²) in [6.07, 6.45) is 4.71. The molecule has 0 amide bonds. The third-order valence-electron chi connectivity index (χ3n) is 6.02. The largest absolute Gasteiger partial charge is 0.507 e. The van der Waals surface area contributed by atoms with Crippen LogP contribution >= 0.6 is 12.4 Å². The van der Waals surface area contributed by atoms with Crippen LogP contribution in [0.3, 0.4) is 0 Å². The number of aromatic nitrogens is 1. The van der Waals surface area contributed by atoms with Crippen molar-refractivity contribution in [3.05, 3.63) is 70.9 Å². The molecule has 164 valence electrons. The van der Waals surface area contributed by atoms with Gasteiger partial charge in [-0.05, 0) is 50.5 Å². The fourth-order valence-electron chi connectivity index (χ4n) is 4.17. The Bertz CT molecular complexity index is 1130. The van der Waals surface area contributed by atoms with Gasteiger partial charge in [0.1, 0.15) is 5.75 Å². The van der Waals surface area contributed by atoms with Gasteiger partial charge in [-0.3, -0.25) is 4.90 Å². The van der Waals surface area contributed by atoms with Gasteiger partial charge in [-0.25, -0.2) is 4.79 Å². The molecule has 5 nitrogen and oxygen atoms in total. The van der Waals surface area contributed by atoms with Crippen LogP contribution < -0.4 is 0 Å². The summed E-state index contributed by atoms with van der Waals surface area (Å²) in [5, 5.41) is 21.0. The lowest BCUT2D eigenvalue weighted by Crippen LogP contribution is -2.34. The molecule has 0 atom stereocenters. The van der Waals surface area contributed by atoms with Gasteiger partial charge in [0.2, 0.25) is 0 Å². The Labute approximate surface area is 189 Å². The lowest BCUT2D eigenvalue weighted by Gasteiger charge is -2.30. The molecule has 2 heterocycles. The number of benzene rings is 2. The van der Waals surface area contributed by atoms with Gasteiger partial charge in [-0.15, -0.1) is 12.4 Å². The predicted octanol–water partition coefficient (Wildman–Crippen LogP) is 5.32. The minimum Gasteiger partial charge on any atom is -0.507 e. The van der Waals surface area contributed by atoms with Crippen molar-refractivity contribution in [1.29, 1.82) is 0 Å². The van der Waals surface area contributed by atoms with Gasteiger partial charge in [-0.2, -0.15) is 0 Å². The molecule has 0 bridgehead atoms. The molecule has 6 heteroatoms. The summed E-state index contributed by atoms with van der Waals surface area (Å²) in [5.74, 6) is -0.846. The van der Waals surface area contributed by atoms with E-state index in [0.29, 0.717) is 18.0 Å². The maximum Gasteiger partial charge on any atom is 0.337 e. The van der Waals surface area contributed by atoms with Gasteiger partial charge in [0.05, 0.1) is 11.1 Å². The summed E-state index contributed by atoms with van der Waals surface area (Å²) in [7, 11) is 0. The van der Waals surface area contributed by atoms with Crippen molar-refractivity contribution in [3.8, 4) is 5.75 Å². The number of nitrogens with zero attached hydrogens (tertiary/aromatic N) is 2. The minimum atomic E-state index is -0.987. The number of phenolic OH excluding ortho intramolecular Hbond substituents is 1. The molecular weight excluding hydrogens is 412 g/mol. The van der Waals surface area contributed by atoms with E-state index in [-0.39, 0.29) is 23.7 Å². The molecule has 2 aromatic carbocycles. The molecule has 1 aliphatic heterocycles. The number of carboxylic acids is 1. The van der Waals surface area contributed by atoms with E-state index in [2.05, 4.69) is 49.1 Å². The Hall–Kier alpha value is -2.76. The van der Waals surface area contributed by atoms with E-state index in [0.717, 1.165) is 41.7 Å². The average Bonchev–Trinajstić information content (AvgIpc) is 3.06. The van der Waals surface area contributed by atoms with Crippen LogP contribution in [0.4, 0.5) is 0 Å². The smallest absolute Gasteiger partial charge is 0.337 e. The van der Waals surface area contributed by atoms with Crippen LogP contribution in [0.25, 0.3) is 16.5 Å². The van der Waals surface area contributed by atoms with Crippen LogP contribution in [-0.2, 0) is 6.54 Å². The Kier molecular flexibility index (Phi) is 6.77. The quantitative estimate of drug-likeness (QED) is 0.563. The van der Waals surface area contributed by atoms with E-state index in [9.17, 15) is 15.0 Å². The first-order chi connectivity index (χ1) is 14.3. The van der Waals surface area contributed by atoms with Crippen molar-refractivity contribution in [2.24, 2.45) is 0 Å². The molecule has 0 unspecified atom stereocenters. The summed E-state index contributed by atoms with van der Waals surface area (Å²) >= 11 is 0. The normalized spacial score (nSPS) is 14.5. The SMILES string of the molecule is Cc1ccc(Cn2cc(C(=O)O)c3cc(O)c(C4=CCN(C(C)C)CC4)cc32)cc1.Cl. The zero-order valence-electron chi connectivity index (χ0n) is 18.1. The third-order valence-corrected chi connectivity index (χ3v) is 6.02. The summed E-state index contributed by atoms with van der Waals surface area (Å²) in [5.41, 5.74) is 5.25. The first kappa shape index (κ1) is 22.9. The number of carboxylic acid groups (broad SMARTS) is 1. The highest BCUT2D eigenvalue weighted by Crippen LogP contribution is 2.36. The van der Waals surface area contributed by atoms with Gasteiger partial charge >= 0.3 is 5.97 Å². The Morgan fingerprint density at radius 2 is 1.87 bits per heavy atom. The second kappa shape index (κ2) is 9.16. The predicted molar refractivity (Wildman–Crippen MR) is 127 cm³/mol. The Morgan fingerprint density at radius 1 is 1.16 bits per heavy atom. The molecule has 3 aromatic rings. The zero-order valence-corrected chi connectivity index (χ0v) is 18.9. The maximum atomic E-state index is 11.8. The summed E-state index contributed by atoms with van der Waals surface area (Å²) < 4.78 is 1.97. The number of rotatable bonds is 5. The molecule has 2 N–H and O–H groups in total. The molecule has 0 spiro atoms. The number of aromatic hydroxyl groups is 1. The average molecular weight is 441 g/mol. The van der Waals surface area contributed by atoms with Crippen molar-refractivity contribution in [2.75, 3.05) is 13.1 Å². The number of aromatic carboxylic acids is 1. The number of halogens is 1. The Balaban J connectivity index is 0.00000272. The zero-order chi connectivity index (χ0) is 21.4. The second-order valence-corrected chi connectivity index (χ2v) is 8.42. The topological polar surface area (TPSA) is 65.7 Å². The molecule has 1 aromatic heterocycles. The highest BCUT2D eigenvalue weighted by atomic mass is 35.5. The van der Waals surface area contributed by atoms with E-state index in [4.69, 9.17) is 0 Å². The lowest BCUT2D eigenvalue weighted by atomic mass is 9.96. The van der Waals surface area contributed by atoms with Gasteiger partial charge in [0.15, 0.2) is 0 Å². The van der Waals surface area contributed by atoms with Crippen LogP contribution in [0.1, 0.15) is 47.3 Å². The van der Waals surface area contributed by atoms with E-state index in [1.807, 2.05) is 17.6 Å². The molecule has 1 aliphatic rings. The molecule has 0 aliphatic carbocycles. The van der Waals surface area contributed by atoms with Crippen molar-refractivity contribution in [2.45, 2.75) is 39.8 Å². The van der Waals surface area contributed by atoms with E-state index < -0.39 is 5.97 Å². The summed E-state index contributed by atoms with van der Waals surface area (Å²) in [4.78, 5) is 14.2. The van der Waals surface area contributed by atoms with Crippen LogP contribution in [0.2, 0.25) is 0 Å². The molecular formula is C25H29ClN2O3. The molecule has 0 saturated heterocycles. The third kappa shape index (κ3) is 4.63. The number of phenols is 1. The molecule has 0 radical (unpaired) electrons. The van der Waals surface area contributed by atoms with Gasteiger partial charge < -0.3 is 14.8 Å². The van der Waals surface area contributed by atoms with Crippen molar-refractivity contribution in [3.63, 3.8) is 0 Å². The second-order valence-electron chi connectivity index (χ2n) is 8.42. The van der Waals surface area contributed by atoms with Crippen LogP contribution in [0.5, 0.6) is 5.75 Å². The van der Waals surface area contributed by atoms with Crippen LogP contribution in [-0.4, -0.2) is 44.8 Å². The van der Waals surface area contributed by atoms with Gasteiger partial charge in [0, 0.05) is 42.8 Å². The lowest BCUT2D eigenvalue weighted by molar-refractivity contribution is 0.0699.